The van der Waals surface area contributed by atoms with Crippen molar-refractivity contribution in [2.75, 3.05) is 46.4 Å². The number of amides is 2. The second kappa shape index (κ2) is 11.6. The number of nitrogens with one attached hydrogen (secondary N) is 2. The Bertz CT molecular complexity index is 525. The molecular weight excluding hydrogens is 362 g/mol. The molecule has 1 heterocycles. The largest absolute Gasteiger partial charge is 0.450 e. The lowest BCUT2D eigenvalue weighted by molar-refractivity contribution is 0.0502. The van der Waals surface area contributed by atoms with Gasteiger partial charge in [0.05, 0.1) is 6.61 Å². The smallest absolute Gasteiger partial charge is 0.409 e. The number of alkyl carbamates (subject to hydrolysis) is 1. The first-order valence-electron chi connectivity index (χ1n) is 10.1. The minimum absolute atomic E-state index is 0.0579. The van der Waals surface area contributed by atoms with E-state index in [4.69, 9.17) is 9.47 Å². The van der Waals surface area contributed by atoms with E-state index in [0.29, 0.717) is 39.3 Å². The van der Waals surface area contributed by atoms with Crippen LogP contribution in [0.2, 0.25) is 0 Å². The molecule has 1 fully saturated rings. The predicted octanol–water partition coefficient (Wildman–Crippen LogP) is 2.03. The van der Waals surface area contributed by atoms with Crippen LogP contribution in [0.1, 0.15) is 47.5 Å². The van der Waals surface area contributed by atoms with Crippen LogP contribution in [0, 0.1) is 0 Å². The van der Waals surface area contributed by atoms with Crippen molar-refractivity contribution in [3.8, 4) is 0 Å². The molecule has 0 radical (unpaired) electrons. The molecule has 0 saturated carbocycles. The van der Waals surface area contributed by atoms with Crippen molar-refractivity contribution in [1.29, 1.82) is 0 Å². The molecule has 1 aliphatic rings. The Labute approximate surface area is 168 Å². The van der Waals surface area contributed by atoms with Gasteiger partial charge in [-0.1, -0.05) is 13.3 Å². The fraction of sp³-hybridized carbons (Fsp3) is 0.842. The van der Waals surface area contributed by atoms with E-state index in [1.807, 2.05) is 20.8 Å². The molecule has 1 unspecified atom stereocenters. The first-order chi connectivity index (χ1) is 13.2. The molecule has 2 amide bonds. The van der Waals surface area contributed by atoms with Crippen molar-refractivity contribution in [3.63, 3.8) is 0 Å². The van der Waals surface area contributed by atoms with E-state index in [-0.39, 0.29) is 12.1 Å². The van der Waals surface area contributed by atoms with Crippen molar-refractivity contribution in [3.05, 3.63) is 0 Å². The first kappa shape index (κ1) is 23.8. The van der Waals surface area contributed by atoms with Crippen LogP contribution in [0.4, 0.5) is 9.59 Å². The lowest BCUT2D eigenvalue weighted by atomic mass is 10.1. The number of aliphatic imine (C=N–C) groups is 1. The van der Waals surface area contributed by atoms with Gasteiger partial charge in [-0.2, -0.15) is 0 Å². The Morgan fingerprint density at radius 3 is 2.21 bits per heavy atom. The van der Waals surface area contributed by atoms with Crippen LogP contribution in [-0.4, -0.2) is 86.0 Å². The summed E-state index contributed by atoms with van der Waals surface area (Å²) in [6.45, 7) is 12.9. The number of carbonyl (C=O) groups excluding carboxylic acids is 2. The number of carbonyl (C=O) groups is 2. The maximum Gasteiger partial charge on any atom is 0.409 e. The van der Waals surface area contributed by atoms with Crippen molar-refractivity contribution < 1.29 is 19.1 Å². The van der Waals surface area contributed by atoms with E-state index in [1.54, 1.807) is 18.9 Å². The van der Waals surface area contributed by atoms with E-state index < -0.39 is 11.7 Å². The molecule has 1 atom stereocenters. The van der Waals surface area contributed by atoms with Crippen LogP contribution in [0.15, 0.2) is 4.99 Å². The maximum absolute atomic E-state index is 12.1. The Balaban J connectivity index is 2.52. The summed E-state index contributed by atoms with van der Waals surface area (Å²) in [7, 11) is 1.73. The van der Waals surface area contributed by atoms with Crippen molar-refractivity contribution in [2.24, 2.45) is 4.99 Å². The molecule has 1 aliphatic heterocycles. The number of piperazine rings is 1. The van der Waals surface area contributed by atoms with Crippen LogP contribution < -0.4 is 10.6 Å². The average Bonchev–Trinajstić information content (AvgIpc) is 2.61. The number of nitrogens with zero attached hydrogens (tertiary/aromatic N) is 3. The second-order valence-corrected chi connectivity index (χ2v) is 7.73. The summed E-state index contributed by atoms with van der Waals surface area (Å²) < 4.78 is 10.4. The third-order valence-corrected chi connectivity index (χ3v) is 4.18. The summed E-state index contributed by atoms with van der Waals surface area (Å²) in [4.78, 5) is 32.0. The van der Waals surface area contributed by atoms with E-state index in [0.717, 1.165) is 18.8 Å². The molecule has 1 saturated heterocycles. The molecule has 162 valence electrons. The van der Waals surface area contributed by atoms with Crippen molar-refractivity contribution in [2.45, 2.75) is 59.1 Å². The summed E-state index contributed by atoms with van der Waals surface area (Å²) in [6.07, 6.45) is 1.10. The summed E-state index contributed by atoms with van der Waals surface area (Å²) >= 11 is 0. The van der Waals surface area contributed by atoms with Crippen LogP contribution >= 0.6 is 0 Å². The molecule has 0 aromatic carbocycles. The van der Waals surface area contributed by atoms with Gasteiger partial charge < -0.3 is 29.9 Å². The lowest BCUT2D eigenvalue weighted by Gasteiger charge is -2.36. The molecule has 0 aromatic rings. The molecular formula is C19H37N5O4. The van der Waals surface area contributed by atoms with Crippen LogP contribution in [0.3, 0.4) is 0 Å². The van der Waals surface area contributed by atoms with E-state index in [2.05, 4.69) is 27.4 Å². The number of hydrogen-bond acceptors (Lipinski definition) is 5. The van der Waals surface area contributed by atoms with Gasteiger partial charge in [-0.15, -0.1) is 0 Å². The molecule has 28 heavy (non-hydrogen) atoms. The van der Waals surface area contributed by atoms with E-state index >= 15 is 0 Å². The quantitative estimate of drug-likeness (QED) is 0.524. The van der Waals surface area contributed by atoms with Gasteiger partial charge >= 0.3 is 12.2 Å². The summed E-state index contributed by atoms with van der Waals surface area (Å²) in [5.74, 6) is 0.760. The highest BCUT2D eigenvalue weighted by Crippen LogP contribution is 2.08. The van der Waals surface area contributed by atoms with Crippen molar-refractivity contribution >= 4 is 18.1 Å². The minimum atomic E-state index is -0.525. The molecule has 1 rings (SSSR count). The fourth-order valence-electron chi connectivity index (χ4n) is 2.91. The Hall–Kier alpha value is -2.19. The van der Waals surface area contributed by atoms with E-state index in [9.17, 15) is 9.59 Å². The molecule has 0 aromatic heterocycles. The van der Waals surface area contributed by atoms with Crippen LogP contribution in [0.25, 0.3) is 0 Å². The molecule has 9 nitrogen and oxygen atoms in total. The van der Waals surface area contributed by atoms with E-state index in [1.165, 1.54) is 0 Å². The normalized spacial score (nSPS) is 16.4. The summed E-state index contributed by atoms with van der Waals surface area (Å²) in [6, 6.07) is -0.0579. The minimum Gasteiger partial charge on any atom is -0.450 e. The maximum atomic E-state index is 12.1. The van der Waals surface area contributed by atoms with Gasteiger partial charge in [0.1, 0.15) is 5.60 Å². The van der Waals surface area contributed by atoms with Crippen molar-refractivity contribution in [1.82, 2.24) is 20.4 Å². The van der Waals surface area contributed by atoms with Gasteiger partial charge in [0.2, 0.25) is 0 Å². The third-order valence-electron chi connectivity index (χ3n) is 4.18. The fourth-order valence-corrected chi connectivity index (χ4v) is 2.91. The van der Waals surface area contributed by atoms with Gasteiger partial charge in [0, 0.05) is 45.8 Å². The lowest BCUT2D eigenvalue weighted by Crippen LogP contribution is -2.55. The van der Waals surface area contributed by atoms with Gasteiger partial charge in [-0.05, 0) is 34.1 Å². The highest BCUT2D eigenvalue weighted by atomic mass is 16.6. The van der Waals surface area contributed by atoms with Crippen LogP contribution in [-0.2, 0) is 9.47 Å². The first-order valence-corrected chi connectivity index (χ1v) is 10.1. The molecule has 9 heteroatoms. The SMILES string of the molecule is CCCC(CNC(=NC)N1CCN(C(=O)OCC)CC1)NC(=O)OC(C)(C)C. The van der Waals surface area contributed by atoms with Gasteiger partial charge in [0.25, 0.3) is 0 Å². The van der Waals surface area contributed by atoms with Gasteiger partial charge in [0.15, 0.2) is 5.96 Å². The zero-order chi connectivity index (χ0) is 21.2. The number of hydrogen-bond donors (Lipinski definition) is 2. The van der Waals surface area contributed by atoms with Gasteiger partial charge in [-0.3, -0.25) is 4.99 Å². The Morgan fingerprint density at radius 2 is 1.71 bits per heavy atom. The molecule has 2 N–H and O–H groups in total. The highest BCUT2D eigenvalue weighted by molar-refractivity contribution is 5.80. The summed E-state index contributed by atoms with van der Waals surface area (Å²) in [5, 5.41) is 6.26. The topological polar surface area (TPSA) is 95.5 Å². The summed E-state index contributed by atoms with van der Waals surface area (Å²) in [5.41, 5.74) is -0.525. The second-order valence-electron chi connectivity index (χ2n) is 7.73. The molecule has 0 aliphatic carbocycles. The predicted molar refractivity (Wildman–Crippen MR) is 110 cm³/mol. The Morgan fingerprint density at radius 1 is 1.11 bits per heavy atom. The molecule has 0 bridgehead atoms. The third kappa shape index (κ3) is 8.67. The average molecular weight is 400 g/mol. The highest BCUT2D eigenvalue weighted by Gasteiger charge is 2.24. The monoisotopic (exact) mass is 399 g/mol. The number of guanidine groups is 1. The number of rotatable bonds is 6. The zero-order valence-electron chi connectivity index (χ0n) is 18.2. The number of ether oxygens (including phenoxy) is 2. The van der Waals surface area contributed by atoms with Gasteiger partial charge in [-0.25, -0.2) is 9.59 Å². The van der Waals surface area contributed by atoms with Crippen LogP contribution in [0.5, 0.6) is 0 Å². The zero-order valence-corrected chi connectivity index (χ0v) is 18.2. The molecule has 0 spiro atoms. The standard InChI is InChI=1S/C19H37N5O4/c1-7-9-15(22-17(25)28-19(3,4)5)14-21-16(20-6)23-10-12-24(13-11-23)18(26)27-8-2/h15H,7-14H2,1-6H3,(H,20,21)(H,22,25). The Kier molecular flexibility index (Phi) is 9.89.